The van der Waals surface area contributed by atoms with Crippen LogP contribution in [0.2, 0.25) is 0 Å². The van der Waals surface area contributed by atoms with Crippen LogP contribution in [0.25, 0.3) is 0 Å². The van der Waals surface area contributed by atoms with E-state index in [1.54, 1.807) is 6.07 Å². The molecule has 2 aromatic carbocycles. The normalized spacial score (nSPS) is 21.0. The summed E-state index contributed by atoms with van der Waals surface area (Å²) >= 11 is 0. The zero-order valence-corrected chi connectivity index (χ0v) is 25.3. The number of benzene rings is 2. The van der Waals surface area contributed by atoms with Gasteiger partial charge in [-0.2, -0.15) is 13.2 Å². The number of piperidine rings is 1. The Labute approximate surface area is 249 Å². The van der Waals surface area contributed by atoms with Crippen LogP contribution in [-0.2, 0) is 27.4 Å². The molecule has 0 saturated carbocycles. The van der Waals surface area contributed by atoms with Gasteiger partial charge < -0.3 is 15.1 Å². The van der Waals surface area contributed by atoms with Gasteiger partial charge in [-0.25, -0.2) is 12.7 Å². The van der Waals surface area contributed by atoms with Gasteiger partial charge in [0, 0.05) is 43.3 Å². The van der Waals surface area contributed by atoms with Gasteiger partial charge in [0.25, 0.3) is 11.8 Å². The van der Waals surface area contributed by atoms with Gasteiger partial charge in [-0.1, -0.05) is 18.2 Å². The number of aryl methyl sites for hydroxylation is 2. The number of carbonyl (C=O) groups is 2. The zero-order valence-electron chi connectivity index (χ0n) is 24.4. The van der Waals surface area contributed by atoms with E-state index in [4.69, 9.17) is 0 Å². The van der Waals surface area contributed by atoms with Gasteiger partial charge in [0.1, 0.15) is 11.4 Å². The Morgan fingerprint density at radius 3 is 2.47 bits per heavy atom. The minimum absolute atomic E-state index is 0.0244. The first-order chi connectivity index (χ1) is 20.2. The molecule has 2 amide bonds. The van der Waals surface area contributed by atoms with Crippen molar-refractivity contribution in [3.8, 4) is 0 Å². The third kappa shape index (κ3) is 6.48. The predicted molar refractivity (Wildman–Crippen MR) is 156 cm³/mol. The fraction of sp³-hybridized carbons (Fsp3) is 0.500. The van der Waals surface area contributed by atoms with Crippen molar-refractivity contribution in [3.63, 3.8) is 0 Å². The molecule has 232 valence electrons. The fourth-order valence-electron chi connectivity index (χ4n) is 5.98. The minimum atomic E-state index is -4.53. The van der Waals surface area contributed by atoms with E-state index in [1.165, 1.54) is 16.4 Å². The Morgan fingerprint density at radius 1 is 1.12 bits per heavy atom. The van der Waals surface area contributed by atoms with Crippen LogP contribution in [0.15, 0.2) is 47.5 Å². The lowest BCUT2D eigenvalue weighted by Gasteiger charge is -2.34. The van der Waals surface area contributed by atoms with Crippen molar-refractivity contribution < 1.29 is 31.2 Å². The van der Waals surface area contributed by atoms with Crippen molar-refractivity contribution in [1.82, 2.24) is 19.4 Å². The SMILES string of the molecule is Cc1cc(C(=O)N2CC[C@H](N(C)C)C2)ccc1CCS(=O)(=O)N1CCC2(CC1)N=C(c1cccc(C(F)(F)F)c1)NC2=O. The highest BCUT2D eigenvalue weighted by atomic mass is 32.2. The molecule has 2 saturated heterocycles. The fourth-order valence-corrected chi connectivity index (χ4v) is 7.45. The number of amides is 2. The average molecular weight is 620 g/mol. The van der Waals surface area contributed by atoms with E-state index >= 15 is 0 Å². The van der Waals surface area contributed by atoms with Gasteiger partial charge in [0.15, 0.2) is 0 Å². The quantitative estimate of drug-likeness (QED) is 0.514. The number of halogens is 3. The third-order valence-corrected chi connectivity index (χ3v) is 10.7. The molecule has 0 aromatic heterocycles. The summed E-state index contributed by atoms with van der Waals surface area (Å²) in [6.07, 6.45) is -3.07. The molecule has 3 heterocycles. The molecule has 0 unspecified atom stereocenters. The van der Waals surface area contributed by atoms with Crippen LogP contribution in [0.3, 0.4) is 0 Å². The number of hydrogen-bond donors (Lipinski definition) is 1. The maximum atomic E-state index is 13.2. The summed E-state index contributed by atoms with van der Waals surface area (Å²) in [6, 6.07) is 10.3. The Hall–Kier alpha value is -3.29. The molecule has 0 aliphatic carbocycles. The monoisotopic (exact) mass is 619 g/mol. The molecule has 0 bridgehead atoms. The van der Waals surface area contributed by atoms with Crippen LogP contribution in [0.1, 0.15) is 51.9 Å². The molecular formula is C30H36F3N5O4S. The van der Waals surface area contributed by atoms with Crippen LogP contribution < -0.4 is 5.32 Å². The lowest BCUT2D eigenvalue weighted by atomic mass is 9.89. The van der Waals surface area contributed by atoms with Crippen LogP contribution in [0.4, 0.5) is 13.2 Å². The van der Waals surface area contributed by atoms with Gasteiger partial charge in [0.2, 0.25) is 10.0 Å². The molecule has 0 radical (unpaired) electrons. The van der Waals surface area contributed by atoms with Gasteiger partial charge in [-0.05, 0) is 82.1 Å². The summed E-state index contributed by atoms with van der Waals surface area (Å²) < 4.78 is 67.3. The Kier molecular flexibility index (Phi) is 8.45. The van der Waals surface area contributed by atoms with E-state index in [1.807, 2.05) is 38.1 Å². The molecule has 13 heteroatoms. The second-order valence-corrected chi connectivity index (χ2v) is 13.9. The van der Waals surface area contributed by atoms with Crippen LogP contribution >= 0.6 is 0 Å². The molecule has 1 spiro atoms. The maximum absolute atomic E-state index is 13.2. The number of alkyl halides is 3. The highest BCUT2D eigenvalue weighted by molar-refractivity contribution is 7.89. The first kappa shape index (κ1) is 31.1. The van der Waals surface area contributed by atoms with E-state index in [-0.39, 0.29) is 55.4 Å². The standard InChI is InChI=1S/C30H36F3N5O4S/c1-20-17-23(27(39)37-13-9-25(19-37)36(2)3)8-7-21(20)10-16-43(41,42)38-14-11-29(12-15-38)28(40)34-26(35-29)22-5-4-6-24(18-22)30(31,32)33/h4-8,17-18,25H,9-16,19H2,1-3H3,(H,34,35,40)/t25-/m0/s1. The predicted octanol–water partition coefficient (Wildman–Crippen LogP) is 3.07. The van der Waals surface area contributed by atoms with Gasteiger partial charge >= 0.3 is 6.18 Å². The van der Waals surface area contributed by atoms with Crippen molar-refractivity contribution >= 4 is 27.7 Å². The summed E-state index contributed by atoms with van der Waals surface area (Å²) in [5, 5.41) is 2.60. The molecule has 9 nitrogen and oxygen atoms in total. The topological polar surface area (TPSA) is 102 Å². The molecule has 2 aromatic rings. The van der Waals surface area contributed by atoms with E-state index in [2.05, 4.69) is 15.2 Å². The third-order valence-electron chi connectivity index (χ3n) is 8.79. The molecule has 5 rings (SSSR count). The van der Waals surface area contributed by atoms with Gasteiger partial charge in [-0.15, -0.1) is 0 Å². The number of carbonyl (C=O) groups excluding carboxylic acids is 2. The first-order valence-corrected chi connectivity index (χ1v) is 15.9. The molecular weight excluding hydrogens is 583 g/mol. The summed E-state index contributed by atoms with van der Waals surface area (Å²) in [5.74, 6) is -0.528. The number of nitrogens with zero attached hydrogens (tertiary/aromatic N) is 4. The van der Waals surface area contributed by atoms with E-state index < -0.39 is 33.2 Å². The van der Waals surface area contributed by atoms with Crippen molar-refractivity contribution in [2.75, 3.05) is 46.0 Å². The summed E-state index contributed by atoms with van der Waals surface area (Å²) in [5.41, 5.74) is 0.370. The highest BCUT2D eigenvalue weighted by Gasteiger charge is 2.47. The van der Waals surface area contributed by atoms with Crippen LogP contribution in [0, 0.1) is 6.92 Å². The van der Waals surface area contributed by atoms with E-state index in [0.29, 0.717) is 24.7 Å². The number of likely N-dealkylation sites (N-methyl/N-ethyl adjacent to an activating group) is 1. The Balaban J connectivity index is 1.19. The highest BCUT2D eigenvalue weighted by Crippen LogP contribution is 2.34. The number of likely N-dealkylation sites (tertiary alicyclic amines) is 1. The lowest BCUT2D eigenvalue weighted by Crippen LogP contribution is -2.50. The summed E-state index contributed by atoms with van der Waals surface area (Å²) in [7, 11) is 0.359. The maximum Gasteiger partial charge on any atom is 0.416 e. The average Bonchev–Trinajstić information content (AvgIpc) is 3.58. The summed E-state index contributed by atoms with van der Waals surface area (Å²) in [4.78, 5) is 34.3. The number of amidine groups is 1. The largest absolute Gasteiger partial charge is 0.416 e. The van der Waals surface area contributed by atoms with Crippen LogP contribution in [-0.4, -0.2) is 97.8 Å². The number of rotatable bonds is 7. The van der Waals surface area contributed by atoms with Crippen LogP contribution in [0.5, 0.6) is 0 Å². The van der Waals surface area contributed by atoms with Gasteiger partial charge in [0.05, 0.1) is 11.3 Å². The summed E-state index contributed by atoms with van der Waals surface area (Å²) in [6.45, 7) is 3.41. The molecule has 3 aliphatic rings. The smallest absolute Gasteiger partial charge is 0.337 e. The molecule has 1 atom stereocenters. The Bertz CT molecular complexity index is 1550. The Morgan fingerprint density at radius 2 is 1.84 bits per heavy atom. The number of aliphatic imine (C=N–C) groups is 1. The van der Waals surface area contributed by atoms with Gasteiger partial charge in [-0.3, -0.25) is 14.6 Å². The first-order valence-electron chi connectivity index (χ1n) is 14.3. The number of hydrogen-bond acceptors (Lipinski definition) is 6. The number of nitrogens with one attached hydrogen (secondary N) is 1. The van der Waals surface area contributed by atoms with Crippen molar-refractivity contribution in [1.29, 1.82) is 0 Å². The second kappa shape index (κ2) is 11.7. The lowest BCUT2D eigenvalue weighted by molar-refractivity contribution is -0.137. The van der Waals surface area contributed by atoms with Crippen molar-refractivity contribution in [3.05, 3.63) is 70.3 Å². The van der Waals surface area contributed by atoms with Crippen molar-refractivity contribution in [2.45, 2.75) is 50.4 Å². The number of sulfonamides is 1. The second-order valence-electron chi connectivity index (χ2n) is 11.8. The zero-order chi connectivity index (χ0) is 31.2. The molecule has 3 aliphatic heterocycles. The molecule has 2 fully saturated rings. The molecule has 43 heavy (non-hydrogen) atoms. The van der Waals surface area contributed by atoms with Crippen molar-refractivity contribution in [2.24, 2.45) is 4.99 Å². The minimum Gasteiger partial charge on any atom is -0.337 e. The van der Waals surface area contributed by atoms with E-state index in [0.717, 1.165) is 29.7 Å². The van der Waals surface area contributed by atoms with E-state index in [9.17, 15) is 31.2 Å². The molecule has 1 N–H and O–H groups in total.